The van der Waals surface area contributed by atoms with Crippen molar-refractivity contribution >= 4 is 5.69 Å². The van der Waals surface area contributed by atoms with E-state index in [1.807, 2.05) is 0 Å². The highest BCUT2D eigenvalue weighted by Gasteiger charge is 2.21. The molecule has 104 valence electrons. The van der Waals surface area contributed by atoms with Gasteiger partial charge in [-0.05, 0) is 50.7 Å². The van der Waals surface area contributed by atoms with Gasteiger partial charge < -0.3 is 9.64 Å². The molecule has 0 atom stereocenters. The van der Waals surface area contributed by atoms with Crippen LogP contribution in [0.25, 0.3) is 0 Å². The van der Waals surface area contributed by atoms with E-state index in [0.717, 1.165) is 37.4 Å². The lowest BCUT2D eigenvalue weighted by Crippen LogP contribution is -2.23. The van der Waals surface area contributed by atoms with Crippen LogP contribution in [0.3, 0.4) is 0 Å². The molecule has 1 aliphatic heterocycles. The summed E-state index contributed by atoms with van der Waals surface area (Å²) in [4.78, 5) is 2.25. The SMILES string of the molecule is Fc1ccc(OC2CCCCC2)c(N2CCCC2)c1. The molecule has 0 N–H and O–H groups in total. The molecule has 0 amide bonds. The zero-order valence-corrected chi connectivity index (χ0v) is 11.4. The van der Waals surface area contributed by atoms with Gasteiger partial charge in [-0.2, -0.15) is 0 Å². The third-order valence-corrected chi connectivity index (χ3v) is 4.21. The van der Waals surface area contributed by atoms with Gasteiger partial charge in [0, 0.05) is 19.2 Å². The number of halogens is 1. The van der Waals surface area contributed by atoms with Crippen molar-refractivity contribution in [3.63, 3.8) is 0 Å². The van der Waals surface area contributed by atoms with E-state index in [2.05, 4.69) is 4.90 Å². The molecule has 0 radical (unpaired) electrons. The minimum Gasteiger partial charge on any atom is -0.488 e. The van der Waals surface area contributed by atoms with Crippen molar-refractivity contribution in [3.8, 4) is 5.75 Å². The van der Waals surface area contributed by atoms with Crippen LogP contribution in [0.5, 0.6) is 5.75 Å². The van der Waals surface area contributed by atoms with Crippen LogP contribution in [0.15, 0.2) is 18.2 Å². The van der Waals surface area contributed by atoms with E-state index in [9.17, 15) is 4.39 Å². The van der Waals surface area contributed by atoms with Crippen LogP contribution < -0.4 is 9.64 Å². The molecule has 3 heteroatoms. The number of hydrogen-bond acceptors (Lipinski definition) is 2. The Kier molecular flexibility index (Phi) is 3.90. The largest absolute Gasteiger partial charge is 0.488 e. The Morgan fingerprint density at radius 1 is 1.00 bits per heavy atom. The van der Waals surface area contributed by atoms with Crippen molar-refractivity contribution < 1.29 is 9.13 Å². The van der Waals surface area contributed by atoms with E-state index < -0.39 is 0 Å². The lowest BCUT2D eigenvalue weighted by Gasteiger charge is -2.27. The molecule has 1 heterocycles. The zero-order chi connectivity index (χ0) is 13.1. The summed E-state index contributed by atoms with van der Waals surface area (Å²) < 4.78 is 19.6. The number of ether oxygens (including phenoxy) is 1. The Labute approximate surface area is 114 Å². The second-order valence-electron chi connectivity index (χ2n) is 5.68. The Bertz CT molecular complexity index is 423. The number of rotatable bonds is 3. The smallest absolute Gasteiger partial charge is 0.143 e. The van der Waals surface area contributed by atoms with Crippen LogP contribution >= 0.6 is 0 Å². The number of hydrogen-bond donors (Lipinski definition) is 0. The molecule has 1 aromatic rings. The monoisotopic (exact) mass is 263 g/mol. The summed E-state index contributed by atoms with van der Waals surface area (Å²) >= 11 is 0. The predicted molar refractivity (Wildman–Crippen MR) is 75.3 cm³/mol. The molecular formula is C16H22FNO. The summed E-state index contributed by atoms with van der Waals surface area (Å²) in [5.74, 6) is 0.702. The van der Waals surface area contributed by atoms with E-state index in [-0.39, 0.29) is 5.82 Å². The van der Waals surface area contributed by atoms with E-state index in [1.165, 1.54) is 38.2 Å². The fraction of sp³-hybridized carbons (Fsp3) is 0.625. The summed E-state index contributed by atoms with van der Waals surface area (Å²) in [5, 5.41) is 0. The summed E-state index contributed by atoms with van der Waals surface area (Å²) in [6.45, 7) is 2.04. The van der Waals surface area contributed by atoms with Crippen molar-refractivity contribution in [2.24, 2.45) is 0 Å². The summed E-state index contributed by atoms with van der Waals surface area (Å²) in [5.41, 5.74) is 0.947. The highest BCUT2D eigenvalue weighted by molar-refractivity contribution is 5.59. The third-order valence-electron chi connectivity index (χ3n) is 4.21. The molecule has 0 unspecified atom stereocenters. The maximum atomic E-state index is 13.5. The van der Waals surface area contributed by atoms with E-state index >= 15 is 0 Å². The molecule has 3 rings (SSSR count). The fourth-order valence-electron chi connectivity index (χ4n) is 3.16. The van der Waals surface area contributed by atoms with E-state index in [0.29, 0.717) is 6.10 Å². The average Bonchev–Trinajstić information content (AvgIpc) is 2.96. The number of nitrogens with zero attached hydrogens (tertiary/aromatic N) is 1. The van der Waals surface area contributed by atoms with Gasteiger partial charge in [0.2, 0.25) is 0 Å². The highest BCUT2D eigenvalue weighted by atomic mass is 19.1. The maximum absolute atomic E-state index is 13.5. The summed E-state index contributed by atoms with van der Waals surface area (Å²) in [7, 11) is 0. The van der Waals surface area contributed by atoms with Gasteiger partial charge in [-0.1, -0.05) is 6.42 Å². The van der Waals surface area contributed by atoms with Gasteiger partial charge in [0.1, 0.15) is 11.6 Å². The third kappa shape index (κ3) is 3.02. The first-order chi connectivity index (χ1) is 9.33. The van der Waals surface area contributed by atoms with Crippen LogP contribution in [0.2, 0.25) is 0 Å². The highest BCUT2D eigenvalue weighted by Crippen LogP contribution is 2.34. The number of anilines is 1. The van der Waals surface area contributed by atoms with Gasteiger partial charge in [0.05, 0.1) is 11.8 Å². The van der Waals surface area contributed by atoms with Crippen LogP contribution in [-0.4, -0.2) is 19.2 Å². The van der Waals surface area contributed by atoms with Crippen molar-refractivity contribution in [2.75, 3.05) is 18.0 Å². The van der Waals surface area contributed by atoms with Gasteiger partial charge in [-0.3, -0.25) is 0 Å². The van der Waals surface area contributed by atoms with E-state index in [4.69, 9.17) is 4.74 Å². The first-order valence-corrected chi connectivity index (χ1v) is 7.54. The first kappa shape index (κ1) is 12.8. The normalized spacial score (nSPS) is 20.8. The molecule has 0 spiro atoms. The molecule has 1 saturated heterocycles. The first-order valence-electron chi connectivity index (χ1n) is 7.54. The molecule has 19 heavy (non-hydrogen) atoms. The van der Waals surface area contributed by atoms with Gasteiger partial charge in [-0.25, -0.2) is 4.39 Å². The van der Waals surface area contributed by atoms with Gasteiger partial charge >= 0.3 is 0 Å². The molecule has 0 bridgehead atoms. The fourth-order valence-corrected chi connectivity index (χ4v) is 3.16. The van der Waals surface area contributed by atoms with Crippen molar-refractivity contribution in [1.29, 1.82) is 0 Å². The maximum Gasteiger partial charge on any atom is 0.143 e. The van der Waals surface area contributed by atoms with Gasteiger partial charge in [0.15, 0.2) is 0 Å². The standard InChI is InChI=1S/C16H22FNO/c17-13-8-9-16(19-14-6-2-1-3-7-14)15(12-13)18-10-4-5-11-18/h8-9,12,14H,1-7,10-11H2. The second kappa shape index (κ2) is 5.81. The van der Waals surface area contributed by atoms with Crippen LogP contribution in [0.1, 0.15) is 44.9 Å². The molecule has 2 fully saturated rings. The van der Waals surface area contributed by atoms with Gasteiger partial charge in [-0.15, -0.1) is 0 Å². The van der Waals surface area contributed by atoms with Crippen LogP contribution in [-0.2, 0) is 0 Å². The van der Waals surface area contributed by atoms with Crippen LogP contribution in [0.4, 0.5) is 10.1 Å². The molecule has 0 aromatic heterocycles. The van der Waals surface area contributed by atoms with E-state index in [1.54, 1.807) is 12.1 Å². The van der Waals surface area contributed by atoms with Crippen molar-refractivity contribution in [1.82, 2.24) is 0 Å². The Balaban J connectivity index is 1.78. The Hall–Kier alpha value is -1.25. The minimum atomic E-state index is -0.169. The van der Waals surface area contributed by atoms with Crippen LogP contribution in [0, 0.1) is 5.82 Å². The lowest BCUT2D eigenvalue weighted by atomic mass is 9.98. The quantitative estimate of drug-likeness (QED) is 0.812. The number of benzene rings is 1. The summed E-state index contributed by atoms with van der Waals surface area (Å²) in [6.07, 6.45) is 8.81. The van der Waals surface area contributed by atoms with Crippen molar-refractivity contribution in [2.45, 2.75) is 51.0 Å². The molecule has 2 aliphatic rings. The zero-order valence-electron chi connectivity index (χ0n) is 11.4. The average molecular weight is 263 g/mol. The lowest BCUT2D eigenvalue weighted by molar-refractivity contribution is 0.155. The Morgan fingerprint density at radius 2 is 1.74 bits per heavy atom. The Morgan fingerprint density at radius 3 is 2.47 bits per heavy atom. The second-order valence-corrected chi connectivity index (χ2v) is 5.68. The molecule has 1 saturated carbocycles. The minimum absolute atomic E-state index is 0.169. The summed E-state index contributed by atoms with van der Waals surface area (Å²) in [6, 6.07) is 4.94. The molecule has 1 aliphatic carbocycles. The topological polar surface area (TPSA) is 12.5 Å². The van der Waals surface area contributed by atoms with Crippen molar-refractivity contribution in [3.05, 3.63) is 24.0 Å². The predicted octanol–water partition coefficient (Wildman–Crippen LogP) is 4.14. The molecule has 1 aromatic carbocycles. The molecule has 2 nitrogen and oxygen atoms in total. The molecular weight excluding hydrogens is 241 g/mol. The van der Waals surface area contributed by atoms with Gasteiger partial charge in [0.25, 0.3) is 0 Å².